The fourth-order valence-corrected chi connectivity index (χ4v) is 6.42. The van der Waals surface area contributed by atoms with Gasteiger partial charge in [0.25, 0.3) is 0 Å². The highest BCUT2D eigenvalue weighted by Gasteiger charge is 2.55. The van der Waals surface area contributed by atoms with Gasteiger partial charge in [-0.25, -0.2) is 0 Å². The maximum absolute atomic E-state index is 6.03. The molecule has 0 radical (unpaired) electrons. The topological polar surface area (TPSA) is 47.3 Å². The van der Waals surface area contributed by atoms with E-state index >= 15 is 0 Å². The van der Waals surface area contributed by atoms with Crippen LogP contribution >= 0.6 is 0 Å². The van der Waals surface area contributed by atoms with Crippen molar-refractivity contribution in [2.75, 3.05) is 13.2 Å². The van der Waals surface area contributed by atoms with E-state index in [0.29, 0.717) is 11.5 Å². The first-order valence-corrected chi connectivity index (χ1v) is 8.33. The average Bonchev–Trinajstić information content (AvgIpc) is 2.38. The van der Waals surface area contributed by atoms with Gasteiger partial charge < -0.3 is 4.74 Å². The van der Waals surface area contributed by atoms with Crippen LogP contribution in [0, 0.1) is 29.1 Å². The number of nitrogens with one attached hydrogen (secondary N) is 1. The van der Waals surface area contributed by atoms with Crippen LogP contribution in [0.3, 0.4) is 0 Å². The molecule has 0 aromatic rings. The normalized spacial score (nSPS) is 47.5. The zero-order valence-corrected chi connectivity index (χ0v) is 11.9. The Morgan fingerprint density at radius 2 is 1.47 bits per heavy atom. The van der Waals surface area contributed by atoms with Crippen LogP contribution in [-0.2, 0) is 4.74 Å². The quantitative estimate of drug-likeness (QED) is 0.608. The Bertz CT molecular complexity index is 302. The van der Waals surface area contributed by atoms with Crippen LogP contribution in [0.5, 0.6) is 0 Å². The van der Waals surface area contributed by atoms with Gasteiger partial charge in [-0.05, 0) is 80.5 Å². The van der Waals surface area contributed by atoms with Crippen molar-refractivity contribution in [2.45, 2.75) is 57.4 Å². The third kappa shape index (κ3) is 2.05. The Hall–Kier alpha value is -0.120. The van der Waals surface area contributed by atoms with Gasteiger partial charge in [-0.2, -0.15) is 0 Å². The summed E-state index contributed by atoms with van der Waals surface area (Å²) in [6, 6.07) is 0.546. The van der Waals surface area contributed by atoms with Gasteiger partial charge in [-0.1, -0.05) is 0 Å². The van der Waals surface area contributed by atoms with Crippen molar-refractivity contribution in [2.24, 2.45) is 34.9 Å². The number of ether oxygens (including phenoxy) is 1. The Morgan fingerprint density at radius 1 is 0.947 bits per heavy atom. The molecule has 4 saturated carbocycles. The van der Waals surface area contributed by atoms with E-state index in [0.717, 1.165) is 36.9 Å². The molecule has 3 nitrogen and oxygen atoms in total. The van der Waals surface area contributed by atoms with Crippen molar-refractivity contribution < 1.29 is 4.74 Å². The molecule has 0 spiro atoms. The minimum atomic E-state index is 0.533. The lowest BCUT2D eigenvalue weighted by atomic mass is 9.46. The molecule has 0 amide bonds. The highest BCUT2D eigenvalue weighted by atomic mass is 16.5. The van der Waals surface area contributed by atoms with Gasteiger partial charge >= 0.3 is 0 Å². The lowest BCUT2D eigenvalue weighted by Gasteiger charge is -2.60. The van der Waals surface area contributed by atoms with Crippen LogP contribution in [0.2, 0.25) is 0 Å². The molecule has 1 aliphatic heterocycles. The molecule has 19 heavy (non-hydrogen) atoms. The summed E-state index contributed by atoms with van der Waals surface area (Å²) in [7, 11) is 0. The van der Waals surface area contributed by atoms with E-state index in [9.17, 15) is 0 Å². The molecule has 0 aromatic carbocycles. The second kappa shape index (κ2) is 4.71. The Balaban J connectivity index is 1.58. The molecule has 1 saturated heterocycles. The molecule has 1 unspecified atom stereocenters. The van der Waals surface area contributed by atoms with E-state index < -0.39 is 0 Å². The third-order valence-corrected chi connectivity index (χ3v) is 6.66. The van der Waals surface area contributed by atoms with E-state index in [-0.39, 0.29) is 0 Å². The second-order valence-electron chi connectivity index (χ2n) is 7.87. The Morgan fingerprint density at radius 3 is 1.95 bits per heavy atom. The summed E-state index contributed by atoms with van der Waals surface area (Å²) in [5, 5.41) is 0. The molecule has 108 valence electrons. The van der Waals surface area contributed by atoms with Gasteiger partial charge in [0.15, 0.2) is 0 Å². The van der Waals surface area contributed by atoms with Crippen molar-refractivity contribution >= 4 is 0 Å². The van der Waals surface area contributed by atoms with Crippen LogP contribution in [0.4, 0.5) is 0 Å². The first kappa shape index (κ1) is 12.6. The van der Waals surface area contributed by atoms with E-state index in [1.54, 1.807) is 0 Å². The molecule has 4 bridgehead atoms. The van der Waals surface area contributed by atoms with E-state index in [4.69, 9.17) is 10.6 Å². The van der Waals surface area contributed by atoms with Crippen LogP contribution in [0.15, 0.2) is 0 Å². The van der Waals surface area contributed by atoms with Gasteiger partial charge in [-0.3, -0.25) is 11.3 Å². The van der Waals surface area contributed by atoms with Crippen molar-refractivity contribution in [1.29, 1.82) is 0 Å². The molecular weight excluding hydrogens is 236 g/mol. The van der Waals surface area contributed by atoms with Gasteiger partial charge in [0.1, 0.15) is 0 Å². The molecule has 0 aromatic heterocycles. The summed E-state index contributed by atoms with van der Waals surface area (Å²) in [6.07, 6.45) is 11.3. The van der Waals surface area contributed by atoms with Crippen LogP contribution < -0.4 is 11.3 Å². The fraction of sp³-hybridized carbons (Fsp3) is 1.00. The minimum absolute atomic E-state index is 0.533. The number of hydrogen-bond acceptors (Lipinski definition) is 3. The number of hydrogen-bond donors (Lipinski definition) is 2. The standard InChI is InChI=1S/C16H28N2O/c17-18-15(14-1-3-19-4-2-14)16-8-11-5-12(9-16)7-13(6-11)10-16/h11-15,18H,1-10,17H2. The maximum atomic E-state index is 6.03. The highest BCUT2D eigenvalue weighted by Crippen LogP contribution is 2.62. The first-order chi connectivity index (χ1) is 9.29. The summed E-state index contributed by atoms with van der Waals surface area (Å²) in [4.78, 5) is 0. The van der Waals surface area contributed by atoms with Crippen LogP contribution in [-0.4, -0.2) is 19.3 Å². The van der Waals surface area contributed by atoms with Crippen molar-refractivity contribution in [1.82, 2.24) is 5.43 Å². The summed E-state index contributed by atoms with van der Waals surface area (Å²) >= 11 is 0. The van der Waals surface area contributed by atoms with E-state index in [1.807, 2.05) is 0 Å². The fourth-order valence-electron chi connectivity index (χ4n) is 6.42. The van der Waals surface area contributed by atoms with Gasteiger partial charge in [0, 0.05) is 19.3 Å². The number of rotatable bonds is 3. The summed E-state index contributed by atoms with van der Waals surface area (Å²) in [6.45, 7) is 1.88. The van der Waals surface area contributed by atoms with Crippen molar-refractivity contribution in [3.05, 3.63) is 0 Å². The minimum Gasteiger partial charge on any atom is -0.381 e. The second-order valence-corrected chi connectivity index (χ2v) is 7.87. The van der Waals surface area contributed by atoms with Gasteiger partial charge in [0.2, 0.25) is 0 Å². The zero-order chi connectivity index (χ0) is 12.9. The highest BCUT2D eigenvalue weighted by molar-refractivity contribution is 5.07. The third-order valence-electron chi connectivity index (χ3n) is 6.66. The molecule has 5 fully saturated rings. The monoisotopic (exact) mass is 264 g/mol. The predicted octanol–water partition coefficient (Wildman–Crippen LogP) is 2.46. The molecule has 5 rings (SSSR count). The van der Waals surface area contributed by atoms with Gasteiger partial charge in [0.05, 0.1) is 0 Å². The lowest BCUT2D eigenvalue weighted by molar-refractivity contribution is -0.0945. The summed E-state index contributed by atoms with van der Waals surface area (Å²) in [5.41, 5.74) is 3.81. The molecule has 3 N–H and O–H groups in total. The molecule has 4 aliphatic carbocycles. The van der Waals surface area contributed by atoms with Gasteiger partial charge in [-0.15, -0.1) is 0 Å². The van der Waals surface area contributed by atoms with Crippen LogP contribution in [0.25, 0.3) is 0 Å². The van der Waals surface area contributed by atoms with E-state index in [1.165, 1.54) is 51.4 Å². The van der Waals surface area contributed by atoms with Crippen LogP contribution in [0.1, 0.15) is 51.4 Å². The first-order valence-electron chi connectivity index (χ1n) is 8.33. The summed E-state index contributed by atoms with van der Waals surface area (Å²) < 4.78 is 5.54. The smallest absolute Gasteiger partial charge is 0.0469 e. The number of hydrazine groups is 1. The van der Waals surface area contributed by atoms with Crippen molar-refractivity contribution in [3.63, 3.8) is 0 Å². The lowest BCUT2D eigenvalue weighted by Crippen LogP contribution is -2.60. The molecule has 1 heterocycles. The Kier molecular flexibility index (Phi) is 3.13. The SMILES string of the molecule is NNC(C1CCOCC1)C12CC3CC(CC(C3)C1)C2. The van der Waals surface area contributed by atoms with E-state index in [2.05, 4.69) is 5.43 Å². The summed E-state index contributed by atoms with van der Waals surface area (Å²) in [5.74, 6) is 9.83. The molecule has 5 aliphatic rings. The number of nitrogens with two attached hydrogens (primary N) is 1. The molecule has 3 heteroatoms. The maximum Gasteiger partial charge on any atom is 0.0469 e. The molecular formula is C16H28N2O. The predicted molar refractivity (Wildman–Crippen MR) is 75.3 cm³/mol. The largest absolute Gasteiger partial charge is 0.381 e. The average molecular weight is 264 g/mol. The molecule has 1 atom stereocenters. The Labute approximate surface area is 116 Å². The van der Waals surface area contributed by atoms with Crippen molar-refractivity contribution in [3.8, 4) is 0 Å². The zero-order valence-electron chi connectivity index (χ0n) is 11.9.